The molecule has 1 atom stereocenters. The molecular weight excluding hydrogens is 455 g/mol. The molecule has 0 amide bonds. The number of benzene rings is 3. The number of carbonyl (C=O) groups is 1. The minimum atomic E-state index is -0.343. The van der Waals surface area contributed by atoms with Crippen LogP contribution in [0.3, 0.4) is 0 Å². The second-order valence-corrected chi connectivity index (χ2v) is 9.71. The molecule has 4 aromatic rings. The van der Waals surface area contributed by atoms with E-state index in [0.29, 0.717) is 11.6 Å². The number of amidine groups is 1. The Labute approximate surface area is 199 Å². The molecule has 1 aromatic heterocycles. The van der Waals surface area contributed by atoms with E-state index in [9.17, 15) is 9.18 Å². The first-order valence-electron chi connectivity index (χ1n) is 10.6. The van der Waals surface area contributed by atoms with Crippen LogP contribution in [0.1, 0.15) is 11.1 Å². The Morgan fingerprint density at radius 1 is 0.970 bits per heavy atom. The van der Waals surface area contributed by atoms with Crippen LogP contribution < -0.4 is 10.6 Å². The third kappa shape index (κ3) is 5.40. The Kier molecular flexibility index (Phi) is 6.37. The fraction of sp³-hybridized carbons (Fsp3) is 0.160. The summed E-state index contributed by atoms with van der Waals surface area (Å²) in [7, 11) is 0. The molecule has 5 nitrogen and oxygen atoms in total. The van der Waals surface area contributed by atoms with Gasteiger partial charge in [0.05, 0.1) is 10.2 Å². The van der Waals surface area contributed by atoms with Crippen LogP contribution >= 0.6 is 23.1 Å². The number of halogens is 1. The Morgan fingerprint density at radius 3 is 2.61 bits per heavy atom. The van der Waals surface area contributed by atoms with Gasteiger partial charge in [0.25, 0.3) is 0 Å². The van der Waals surface area contributed by atoms with Gasteiger partial charge in [0.2, 0.25) is 5.12 Å². The van der Waals surface area contributed by atoms with Gasteiger partial charge in [-0.2, -0.15) is 0 Å². The lowest BCUT2D eigenvalue weighted by Crippen LogP contribution is -2.13. The van der Waals surface area contributed by atoms with E-state index in [0.717, 1.165) is 39.6 Å². The van der Waals surface area contributed by atoms with E-state index in [2.05, 4.69) is 32.7 Å². The first-order valence-corrected chi connectivity index (χ1v) is 12.2. The second kappa shape index (κ2) is 9.72. The normalized spacial score (nSPS) is 15.6. The zero-order valence-corrected chi connectivity index (χ0v) is 19.3. The number of carbonyl (C=O) groups excluding carboxylic acids is 1. The van der Waals surface area contributed by atoms with Gasteiger partial charge in [0, 0.05) is 18.7 Å². The van der Waals surface area contributed by atoms with Crippen LogP contribution in [0.4, 0.5) is 15.2 Å². The molecule has 0 aliphatic carbocycles. The summed E-state index contributed by atoms with van der Waals surface area (Å²) < 4.78 is 14.2. The Morgan fingerprint density at radius 2 is 1.79 bits per heavy atom. The van der Waals surface area contributed by atoms with Gasteiger partial charge in [0.1, 0.15) is 11.9 Å². The lowest BCUT2D eigenvalue weighted by atomic mass is 10.1. The molecule has 2 heterocycles. The molecule has 5 rings (SSSR count). The van der Waals surface area contributed by atoms with E-state index in [-0.39, 0.29) is 17.0 Å². The maximum atomic E-state index is 13.3. The maximum Gasteiger partial charge on any atom is 0.221 e. The molecule has 2 N–H and O–H groups in total. The second-order valence-electron chi connectivity index (χ2n) is 7.69. The smallest absolute Gasteiger partial charge is 0.221 e. The lowest BCUT2D eigenvalue weighted by molar-refractivity contribution is -0.111. The van der Waals surface area contributed by atoms with E-state index < -0.39 is 0 Å². The van der Waals surface area contributed by atoms with Gasteiger partial charge in [-0.3, -0.25) is 4.79 Å². The van der Waals surface area contributed by atoms with Gasteiger partial charge in [-0.05, 0) is 59.6 Å². The van der Waals surface area contributed by atoms with E-state index in [1.165, 1.54) is 40.8 Å². The predicted molar refractivity (Wildman–Crippen MR) is 136 cm³/mol. The summed E-state index contributed by atoms with van der Waals surface area (Å²) in [4.78, 5) is 21.4. The average Bonchev–Trinajstić information content (AvgIpc) is 3.37. The Balaban J connectivity index is 1.13. The highest BCUT2D eigenvalue weighted by atomic mass is 32.2. The van der Waals surface area contributed by atoms with Crippen LogP contribution in [0, 0.1) is 5.82 Å². The van der Waals surface area contributed by atoms with Crippen molar-refractivity contribution in [2.24, 2.45) is 4.99 Å². The van der Waals surface area contributed by atoms with Crippen LogP contribution in [0.25, 0.3) is 10.2 Å². The van der Waals surface area contributed by atoms with Crippen molar-refractivity contribution in [3.05, 3.63) is 89.7 Å². The van der Waals surface area contributed by atoms with Crippen LogP contribution in [-0.2, 0) is 17.6 Å². The molecule has 3 aromatic carbocycles. The summed E-state index contributed by atoms with van der Waals surface area (Å²) >= 11 is 2.62. The van der Waals surface area contributed by atoms with Gasteiger partial charge < -0.3 is 10.6 Å². The number of thiazole rings is 1. The van der Waals surface area contributed by atoms with E-state index >= 15 is 0 Å². The van der Waals surface area contributed by atoms with Crippen molar-refractivity contribution in [2.45, 2.75) is 18.9 Å². The zero-order valence-electron chi connectivity index (χ0n) is 17.6. The number of hydrogen-bond donors (Lipinski definition) is 2. The summed E-state index contributed by atoms with van der Waals surface area (Å²) in [6, 6.07) is 22.3. The molecule has 0 fully saturated rings. The number of rotatable bonds is 7. The van der Waals surface area contributed by atoms with Crippen molar-refractivity contribution in [3.63, 3.8) is 0 Å². The van der Waals surface area contributed by atoms with E-state index in [1.807, 2.05) is 42.5 Å². The highest BCUT2D eigenvalue weighted by Gasteiger charge is 2.28. The van der Waals surface area contributed by atoms with Gasteiger partial charge >= 0.3 is 0 Å². The highest BCUT2D eigenvalue weighted by molar-refractivity contribution is 8.27. The van der Waals surface area contributed by atoms with Crippen LogP contribution in [0.15, 0.2) is 77.8 Å². The summed E-state index contributed by atoms with van der Waals surface area (Å²) in [6.45, 7) is 0.729. The van der Waals surface area contributed by atoms with Gasteiger partial charge in [-0.25, -0.2) is 14.4 Å². The molecule has 0 unspecified atom stereocenters. The molecule has 0 radical (unpaired) electrons. The number of aliphatic imine (C=N–C) groups is 1. The fourth-order valence-electron chi connectivity index (χ4n) is 3.57. The maximum absolute atomic E-state index is 13.3. The standard InChI is InChI=1S/C25H21FN4OS2/c26-18-8-11-20-22(15-18)32-24(29-20)27-13-12-16-6-9-19(10-7-16)28-25-30-21(23(31)33-25)14-17-4-2-1-3-5-17/h1-11,15,21H,12-14H2,(H,27,29)(H,28,30)/t21-/m0/s1. The van der Waals surface area contributed by atoms with E-state index in [4.69, 9.17) is 0 Å². The molecule has 166 valence electrons. The largest absolute Gasteiger partial charge is 0.361 e. The van der Waals surface area contributed by atoms with E-state index in [1.54, 1.807) is 6.07 Å². The molecule has 0 spiro atoms. The average molecular weight is 477 g/mol. The van der Waals surface area contributed by atoms with Gasteiger partial charge in [0.15, 0.2) is 10.3 Å². The summed E-state index contributed by atoms with van der Waals surface area (Å²) in [5.41, 5.74) is 3.99. The quantitative estimate of drug-likeness (QED) is 0.356. The first kappa shape index (κ1) is 21.6. The molecule has 8 heteroatoms. The lowest BCUT2D eigenvalue weighted by Gasteiger charge is -2.07. The molecule has 33 heavy (non-hydrogen) atoms. The first-order chi connectivity index (χ1) is 16.1. The summed E-state index contributed by atoms with van der Waals surface area (Å²) in [6.07, 6.45) is 1.45. The van der Waals surface area contributed by atoms with Crippen molar-refractivity contribution < 1.29 is 9.18 Å². The van der Waals surface area contributed by atoms with Crippen molar-refractivity contribution in [1.82, 2.24) is 4.98 Å². The Hall–Kier alpha value is -3.23. The predicted octanol–water partition coefficient (Wildman–Crippen LogP) is 5.74. The molecular formula is C25H21FN4OS2. The number of thioether (sulfide) groups is 1. The van der Waals surface area contributed by atoms with Crippen LogP contribution in [0.2, 0.25) is 0 Å². The molecule has 0 saturated carbocycles. The Bertz CT molecular complexity index is 1310. The molecule has 1 aliphatic heterocycles. The van der Waals surface area contributed by atoms with Crippen LogP contribution in [-0.4, -0.2) is 27.9 Å². The third-order valence-electron chi connectivity index (χ3n) is 5.26. The van der Waals surface area contributed by atoms with Crippen LogP contribution in [0.5, 0.6) is 0 Å². The van der Waals surface area contributed by atoms with Crippen molar-refractivity contribution >= 4 is 54.4 Å². The van der Waals surface area contributed by atoms with Crippen molar-refractivity contribution in [1.29, 1.82) is 0 Å². The van der Waals surface area contributed by atoms with Crippen molar-refractivity contribution in [3.8, 4) is 0 Å². The van der Waals surface area contributed by atoms with Crippen molar-refractivity contribution in [2.75, 3.05) is 17.2 Å². The van der Waals surface area contributed by atoms with Gasteiger partial charge in [-0.1, -0.05) is 53.8 Å². The number of aromatic nitrogens is 1. The summed E-state index contributed by atoms with van der Waals surface area (Å²) in [5, 5.41) is 8.07. The number of hydrogen-bond acceptors (Lipinski definition) is 7. The number of anilines is 2. The van der Waals surface area contributed by atoms with Gasteiger partial charge in [-0.15, -0.1) is 0 Å². The SMILES string of the molecule is O=C1SC(Nc2ccc(CCNc3nc4ccc(F)cc4s3)cc2)=N[C@H]1Cc1ccccc1. The number of nitrogens with zero attached hydrogens (tertiary/aromatic N) is 2. The zero-order chi connectivity index (χ0) is 22.6. The summed E-state index contributed by atoms with van der Waals surface area (Å²) in [5.74, 6) is -0.246. The molecule has 0 saturated heterocycles. The molecule has 0 bridgehead atoms. The monoisotopic (exact) mass is 476 g/mol. The minimum Gasteiger partial charge on any atom is -0.361 e. The number of nitrogens with one attached hydrogen (secondary N) is 2. The number of fused-ring (bicyclic) bond motifs is 1. The highest BCUT2D eigenvalue weighted by Crippen LogP contribution is 2.27. The fourth-order valence-corrected chi connectivity index (χ4v) is 5.30. The molecule has 1 aliphatic rings. The third-order valence-corrected chi connectivity index (χ3v) is 7.11. The minimum absolute atomic E-state index is 0.0710. The topological polar surface area (TPSA) is 66.4 Å².